The molecule has 3 aliphatic rings. The van der Waals surface area contributed by atoms with Gasteiger partial charge in [-0.2, -0.15) is 0 Å². The molecular formula is C21H34O2. The molecule has 0 aromatic rings. The standard InChI is InChI=1S/C21H34O2/c1-14-7-9-17-16(13-15(14)2)8-10-18-20(17,3)11-6-12-21(18,4)19(22)23-5/h13-15,17-18H,6-12H2,1-5H3. The third kappa shape index (κ3) is 2.57. The number of methoxy groups -OCH3 is 1. The topological polar surface area (TPSA) is 26.3 Å². The Morgan fingerprint density at radius 1 is 1.17 bits per heavy atom. The van der Waals surface area contributed by atoms with Crippen molar-refractivity contribution < 1.29 is 9.53 Å². The second-order valence-electron chi connectivity index (χ2n) is 9.07. The number of esters is 1. The molecule has 0 aromatic carbocycles. The summed E-state index contributed by atoms with van der Waals surface area (Å²) in [5, 5.41) is 0. The third-order valence-corrected chi connectivity index (χ3v) is 7.88. The fraction of sp³-hybridized carbons (Fsp3) is 0.857. The molecule has 3 aliphatic carbocycles. The molecule has 0 heterocycles. The van der Waals surface area contributed by atoms with Crippen molar-refractivity contribution in [3.8, 4) is 0 Å². The first kappa shape index (κ1) is 17.0. The van der Waals surface area contributed by atoms with Crippen molar-refractivity contribution in [3.05, 3.63) is 11.6 Å². The average molecular weight is 319 g/mol. The van der Waals surface area contributed by atoms with E-state index < -0.39 is 0 Å². The van der Waals surface area contributed by atoms with Crippen molar-refractivity contribution in [3.63, 3.8) is 0 Å². The van der Waals surface area contributed by atoms with Crippen LogP contribution >= 0.6 is 0 Å². The van der Waals surface area contributed by atoms with Crippen LogP contribution < -0.4 is 0 Å². The normalized spacial score (nSPS) is 46.9. The van der Waals surface area contributed by atoms with Gasteiger partial charge < -0.3 is 4.74 Å². The van der Waals surface area contributed by atoms with E-state index in [1.807, 2.05) is 0 Å². The fourth-order valence-corrected chi connectivity index (χ4v) is 6.27. The van der Waals surface area contributed by atoms with Crippen LogP contribution in [0.1, 0.15) is 72.6 Å². The van der Waals surface area contributed by atoms with Crippen LogP contribution in [-0.4, -0.2) is 13.1 Å². The molecule has 3 rings (SSSR count). The summed E-state index contributed by atoms with van der Waals surface area (Å²) in [6.07, 6.45) is 11.0. The number of fused-ring (bicyclic) bond motifs is 3. The number of hydrogen-bond donors (Lipinski definition) is 0. The van der Waals surface area contributed by atoms with E-state index >= 15 is 0 Å². The summed E-state index contributed by atoms with van der Waals surface area (Å²) in [7, 11) is 1.56. The van der Waals surface area contributed by atoms with Crippen LogP contribution in [-0.2, 0) is 9.53 Å². The van der Waals surface area contributed by atoms with Gasteiger partial charge in [0.15, 0.2) is 0 Å². The van der Waals surface area contributed by atoms with Gasteiger partial charge in [-0.05, 0) is 74.5 Å². The van der Waals surface area contributed by atoms with Crippen molar-refractivity contribution in [2.45, 2.75) is 72.6 Å². The summed E-state index contributed by atoms with van der Waals surface area (Å²) < 4.78 is 5.23. The van der Waals surface area contributed by atoms with Crippen molar-refractivity contribution in [2.75, 3.05) is 7.11 Å². The van der Waals surface area contributed by atoms with Crippen molar-refractivity contribution in [2.24, 2.45) is 34.5 Å². The van der Waals surface area contributed by atoms with Gasteiger partial charge in [-0.15, -0.1) is 0 Å². The quantitative estimate of drug-likeness (QED) is 0.479. The maximum Gasteiger partial charge on any atom is 0.311 e. The second-order valence-corrected chi connectivity index (χ2v) is 9.07. The molecule has 6 atom stereocenters. The van der Waals surface area contributed by atoms with E-state index in [-0.39, 0.29) is 16.8 Å². The molecule has 2 fully saturated rings. The average Bonchev–Trinajstić information content (AvgIpc) is 2.66. The lowest BCUT2D eigenvalue weighted by atomic mass is 9.46. The molecule has 0 aliphatic heterocycles. The van der Waals surface area contributed by atoms with Crippen molar-refractivity contribution in [1.29, 1.82) is 0 Å². The second kappa shape index (κ2) is 5.93. The van der Waals surface area contributed by atoms with Gasteiger partial charge in [-0.3, -0.25) is 4.79 Å². The Hall–Kier alpha value is -0.790. The Labute approximate surface area is 142 Å². The van der Waals surface area contributed by atoms with Crippen LogP contribution in [0.25, 0.3) is 0 Å². The summed E-state index contributed by atoms with van der Waals surface area (Å²) in [6, 6.07) is 0. The van der Waals surface area contributed by atoms with Crippen molar-refractivity contribution >= 4 is 5.97 Å². The number of carbonyl (C=O) groups excluding carboxylic acids is 1. The first-order valence-electron chi connectivity index (χ1n) is 9.62. The highest BCUT2D eigenvalue weighted by Crippen LogP contribution is 2.63. The lowest BCUT2D eigenvalue weighted by molar-refractivity contribution is -0.168. The van der Waals surface area contributed by atoms with E-state index in [0.717, 1.165) is 25.2 Å². The Bertz CT molecular complexity index is 508. The molecule has 0 radical (unpaired) electrons. The van der Waals surface area contributed by atoms with Gasteiger partial charge >= 0.3 is 5.97 Å². The zero-order valence-corrected chi connectivity index (χ0v) is 15.7. The molecule has 130 valence electrons. The Kier molecular flexibility index (Phi) is 4.40. The van der Waals surface area contributed by atoms with E-state index in [2.05, 4.69) is 33.8 Å². The predicted molar refractivity (Wildman–Crippen MR) is 93.9 cm³/mol. The molecule has 23 heavy (non-hydrogen) atoms. The van der Waals surface area contributed by atoms with E-state index in [1.54, 1.807) is 12.7 Å². The molecule has 2 heteroatoms. The van der Waals surface area contributed by atoms with E-state index in [9.17, 15) is 4.79 Å². The zero-order chi connectivity index (χ0) is 16.8. The van der Waals surface area contributed by atoms with Gasteiger partial charge in [-0.25, -0.2) is 0 Å². The van der Waals surface area contributed by atoms with Crippen LogP contribution in [0.15, 0.2) is 11.6 Å². The summed E-state index contributed by atoms with van der Waals surface area (Å²) in [4.78, 5) is 12.6. The first-order valence-corrected chi connectivity index (χ1v) is 9.62. The summed E-state index contributed by atoms with van der Waals surface area (Å²) >= 11 is 0. The molecule has 0 spiro atoms. The molecule has 0 saturated heterocycles. The largest absolute Gasteiger partial charge is 0.469 e. The van der Waals surface area contributed by atoms with Crippen LogP contribution in [0, 0.1) is 34.5 Å². The Balaban J connectivity index is 1.97. The fourth-order valence-electron chi connectivity index (χ4n) is 6.27. The van der Waals surface area contributed by atoms with E-state index in [4.69, 9.17) is 4.74 Å². The molecule has 6 unspecified atom stereocenters. The molecule has 2 nitrogen and oxygen atoms in total. The number of carbonyl (C=O) groups is 1. The summed E-state index contributed by atoms with van der Waals surface area (Å²) in [5.41, 5.74) is 1.70. The van der Waals surface area contributed by atoms with Gasteiger partial charge in [0, 0.05) is 0 Å². The monoisotopic (exact) mass is 318 g/mol. The maximum atomic E-state index is 12.6. The Morgan fingerprint density at radius 3 is 2.61 bits per heavy atom. The molecule has 0 amide bonds. The third-order valence-electron chi connectivity index (χ3n) is 7.88. The number of hydrogen-bond acceptors (Lipinski definition) is 2. The van der Waals surface area contributed by atoms with E-state index in [1.165, 1.54) is 25.7 Å². The minimum Gasteiger partial charge on any atom is -0.469 e. The lowest BCUT2D eigenvalue weighted by Crippen LogP contribution is -2.53. The minimum absolute atomic E-state index is 0.0243. The van der Waals surface area contributed by atoms with E-state index in [0.29, 0.717) is 17.8 Å². The SMILES string of the molecule is COC(=O)C1(C)CCCC2(C)C3CCC(C)C(C)C=C3CCC12. The predicted octanol–water partition coefficient (Wildman–Crippen LogP) is 5.37. The van der Waals surface area contributed by atoms with Crippen molar-refractivity contribution in [1.82, 2.24) is 0 Å². The minimum atomic E-state index is -0.281. The van der Waals surface area contributed by atoms with Crippen LogP contribution in [0.5, 0.6) is 0 Å². The van der Waals surface area contributed by atoms with Gasteiger partial charge in [0.25, 0.3) is 0 Å². The van der Waals surface area contributed by atoms with Gasteiger partial charge in [0.05, 0.1) is 12.5 Å². The number of rotatable bonds is 1. The molecular weight excluding hydrogens is 284 g/mol. The molecule has 0 aromatic heterocycles. The summed E-state index contributed by atoms with van der Waals surface area (Å²) in [5.74, 6) is 2.66. The van der Waals surface area contributed by atoms with Gasteiger partial charge in [-0.1, -0.05) is 38.8 Å². The van der Waals surface area contributed by atoms with Crippen LogP contribution in [0.3, 0.4) is 0 Å². The highest BCUT2D eigenvalue weighted by molar-refractivity contribution is 5.77. The smallest absolute Gasteiger partial charge is 0.311 e. The summed E-state index contributed by atoms with van der Waals surface area (Å²) in [6.45, 7) is 9.44. The highest BCUT2D eigenvalue weighted by atomic mass is 16.5. The van der Waals surface area contributed by atoms with Crippen LogP contribution in [0.4, 0.5) is 0 Å². The number of allylic oxidation sites excluding steroid dienone is 2. The maximum absolute atomic E-state index is 12.6. The number of ether oxygens (including phenoxy) is 1. The lowest BCUT2D eigenvalue weighted by Gasteiger charge is -2.57. The molecule has 0 bridgehead atoms. The van der Waals surface area contributed by atoms with Gasteiger partial charge in [0.1, 0.15) is 0 Å². The Morgan fingerprint density at radius 2 is 1.91 bits per heavy atom. The van der Waals surface area contributed by atoms with Crippen LogP contribution in [0.2, 0.25) is 0 Å². The molecule has 2 saturated carbocycles. The van der Waals surface area contributed by atoms with Gasteiger partial charge in [0.2, 0.25) is 0 Å². The zero-order valence-electron chi connectivity index (χ0n) is 15.7. The highest BCUT2D eigenvalue weighted by Gasteiger charge is 2.58. The first-order chi connectivity index (χ1) is 10.8. The molecule has 0 N–H and O–H groups in total.